The van der Waals surface area contributed by atoms with E-state index in [1.54, 1.807) is 13.8 Å². The minimum absolute atomic E-state index is 0.240. The molecule has 0 bridgehead atoms. The van der Waals surface area contributed by atoms with Gasteiger partial charge < -0.3 is 14.2 Å². The number of hydrogen-bond donors (Lipinski definition) is 1. The highest BCUT2D eigenvalue weighted by Gasteiger charge is 2.70. The summed E-state index contributed by atoms with van der Waals surface area (Å²) in [5, 5.41) is 8.23. The third kappa shape index (κ3) is 3.40. The second-order valence-corrected chi connectivity index (χ2v) is 13.7. The van der Waals surface area contributed by atoms with Crippen molar-refractivity contribution in [2.24, 2.45) is 0 Å². The summed E-state index contributed by atoms with van der Waals surface area (Å²) in [4.78, 5) is 12.4. The third-order valence-electron chi connectivity index (χ3n) is 2.96. The molecule has 0 aromatic heterocycles. The van der Waals surface area contributed by atoms with Crippen molar-refractivity contribution in [3.8, 4) is 0 Å². The van der Waals surface area contributed by atoms with Crippen LogP contribution in [0.25, 0.3) is 0 Å². The first-order valence-corrected chi connectivity index (χ1v) is 11.8. The Balaban J connectivity index is 3.10. The summed E-state index contributed by atoms with van der Waals surface area (Å²) in [5.41, 5.74) is 0. The summed E-state index contributed by atoms with van der Waals surface area (Å²) in [6, 6.07) is 0.587. The van der Waals surface area contributed by atoms with Crippen LogP contribution in [0.1, 0.15) is 13.8 Å². The van der Waals surface area contributed by atoms with Crippen molar-refractivity contribution in [1.29, 1.82) is 0 Å². The second kappa shape index (κ2) is 5.56. The minimum atomic E-state index is -3.44. The third-order valence-corrected chi connectivity index (χ3v) is 7.66. The summed E-state index contributed by atoms with van der Waals surface area (Å²) in [6.45, 7) is 10.6. The average Bonchev–Trinajstić information content (AvgIpc) is 2.92. The zero-order valence-electron chi connectivity index (χ0n) is 12.3. The van der Waals surface area contributed by atoms with E-state index in [4.69, 9.17) is 9.05 Å². The molecule has 8 heteroatoms. The first kappa shape index (κ1) is 16.7. The van der Waals surface area contributed by atoms with Gasteiger partial charge in [-0.2, -0.15) is 0 Å². The molecule has 6 nitrogen and oxygen atoms in total. The second-order valence-electron chi connectivity index (χ2n) is 5.92. The molecule has 1 saturated heterocycles. The van der Waals surface area contributed by atoms with Crippen molar-refractivity contribution >= 4 is 21.8 Å². The highest BCUT2D eigenvalue weighted by Crippen LogP contribution is 2.70. The first-order chi connectivity index (χ1) is 8.62. The van der Waals surface area contributed by atoms with Gasteiger partial charge in [0.2, 0.25) is 0 Å². The van der Waals surface area contributed by atoms with Crippen LogP contribution in [0.15, 0.2) is 0 Å². The lowest BCUT2D eigenvalue weighted by Gasteiger charge is -2.30. The zero-order valence-corrected chi connectivity index (χ0v) is 14.2. The standard InChI is InChI=1S/C11H24NO5PSi/c1-6-16-18(15,17-7-2)11(9-19(3,4)5)8-12(11)10(13)14/h6-9H2,1-5H3,(H,13,14). The largest absolute Gasteiger partial charge is 0.465 e. The van der Waals surface area contributed by atoms with Gasteiger partial charge in [-0.25, -0.2) is 4.79 Å². The number of carbonyl (C=O) groups is 1. The number of amides is 1. The van der Waals surface area contributed by atoms with E-state index in [2.05, 4.69) is 19.6 Å². The van der Waals surface area contributed by atoms with Crippen molar-refractivity contribution in [2.45, 2.75) is 44.8 Å². The van der Waals surface area contributed by atoms with Crippen molar-refractivity contribution in [3.63, 3.8) is 0 Å². The van der Waals surface area contributed by atoms with Gasteiger partial charge in [-0.15, -0.1) is 0 Å². The van der Waals surface area contributed by atoms with Crippen LogP contribution in [0, 0.1) is 0 Å². The lowest BCUT2D eigenvalue weighted by atomic mass is 10.5. The summed E-state index contributed by atoms with van der Waals surface area (Å²) in [7, 11) is -5.06. The smallest absolute Gasteiger partial charge is 0.408 e. The molecule has 1 heterocycles. The van der Waals surface area contributed by atoms with Crippen molar-refractivity contribution in [3.05, 3.63) is 0 Å². The molecular formula is C11H24NO5PSi. The summed E-state index contributed by atoms with van der Waals surface area (Å²) in [6.07, 6.45) is -1.06. The predicted molar refractivity (Wildman–Crippen MR) is 76.5 cm³/mol. The highest BCUT2D eigenvalue weighted by atomic mass is 31.2. The molecule has 1 atom stereocenters. The molecule has 112 valence electrons. The molecule has 1 unspecified atom stereocenters. The maximum atomic E-state index is 13.0. The van der Waals surface area contributed by atoms with Gasteiger partial charge in [0.1, 0.15) is 0 Å². The molecule has 1 N–H and O–H groups in total. The monoisotopic (exact) mass is 309 g/mol. The fourth-order valence-electron chi connectivity index (χ4n) is 2.41. The maximum absolute atomic E-state index is 13.0. The first-order valence-electron chi connectivity index (χ1n) is 6.51. The average molecular weight is 309 g/mol. The van der Waals surface area contributed by atoms with Crippen LogP contribution in [0.5, 0.6) is 0 Å². The topological polar surface area (TPSA) is 75.8 Å². The molecule has 1 aliphatic rings. The van der Waals surface area contributed by atoms with Gasteiger partial charge >= 0.3 is 13.7 Å². The van der Waals surface area contributed by atoms with Gasteiger partial charge in [-0.3, -0.25) is 9.46 Å². The van der Waals surface area contributed by atoms with E-state index in [0.29, 0.717) is 6.04 Å². The molecule has 0 spiro atoms. The van der Waals surface area contributed by atoms with Gasteiger partial charge in [0, 0.05) is 8.07 Å². The molecule has 0 radical (unpaired) electrons. The van der Waals surface area contributed by atoms with Crippen molar-refractivity contribution in [1.82, 2.24) is 4.90 Å². The van der Waals surface area contributed by atoms with Crippen LogP contribution in [-0.4, -0.2) is 49.2 Å². The molecule has 1 rings (SSSR count). The summed E-state index contributed by atoms with van der Waals surface area (Å²) >= 11 is 0. The fraction of sp³-hybridized carbons (Fsp3) is 0.909. The molecule has 0 aromatic carbocycles. The van der Waals surface area contributed by atoms with Crippen LogP contribution in [-0.2, 0) is 13.6 Å². The summed E-state index contributed by atoms with van der Waals surface area (Å²) < 4.78 is 23.7. The lowest BCUT2D eigenvalue weighted by Crippen LogP contribution is -2.34. The number of carboxylic acid groups (broad SMARTS) is 1. The Morgan fingerprint density at radius 1 is 1.32 bits per heavy atom. The molecular weight excluding hydrogens is 285 g/mol. The maximum Gasteiger partial charge on any atom is 0.408 e. The zero-order chi connectivity index (χ0) is 14.9. The van der Waals surface area contributed by atoms with E-state index in [1.165, 1.54) is 4.90 Å². The Morgan fingerprint density at radius 2 is 1.79 bits per heavy atom. The SMILES string of the molecule is CCOP(=O)(OCC)C1(C[Si](C)(C)C)CN1C(=O)O. The summed E-state index contributed by atoms with van der Waals surface area (Å²) in [5.74, 6) is 0. The molecule has 1 fully saturated rings. The van der Waals surface area contributed by atoms with E-state index >= 15 is 0 Å². The molecule has 1 amide bonds. The van der Waals surface area contributed by atoms with E-state index < -0.39 is 27.0 Å². The lowest BCUT2D eigenvalue weighted by molar-refractivity contribution is 0.166. The minimum Gasteiger partial charge on any atom is -0.465 e. The van der Waals surface area contributed by atoms with Gasteiger partial charge in [-0.05, 0) is 19.9 Å². The predicted octanol–water partition coefficient (Wildman–Crippen LogP) is 3.28. The van der Waals surface area contributed by atoms with Crippen molar-refractivity contribution in [2.75, 3.05) is 19.8 Å². The number of rotatable bonds is 7. The molecule has 0 aromatic rings. The van der Waals surface area contributed by atoms with E-state index in [0.717, 1.165) is 0 Å². The Hall–Kier alpha value is -0.363. The normalized spacial score (nSPS) is 23.5. The number of nitrogens with zero attached hydrogens (tertiary/aromatic N) is 1. The molecule has 1 aliphatic heterocycles. The fourth-order valence-corrected chi connectivity index (χ4v) is 8.54. The quantitative estimate of drug-likeness (QED) is 0.444. The Bertz CT molecular complexity index is 387. The molecule has 0 aliphatic carbocycles. The van der Waals surface area contributed by atoms with Crippen LogP contribution in [0.2, 0.25) is 25.7 Å². The van der Waals surface area contributed by atoms with Crippen LogP contribution in [0.4, 0.5) is 4.79 Å². The van der Waals surface area contributed by atoms with E-state index in [1.807, 2.05) is 0 Å². The Morgan fingerprint density at radius 3 is 2.05 bits per heavy atom. The number of hydrogen-bond acceptors (Lipinski definition) is 4. The van der Waals surface area contributed by atoms with Crippen LogP contribution < -0.4 is 0 Å². The van der Waals surface area contributed by atoms with E-state index in [-0.39, 0.29) is 19.8 Å². The van der Waals surface area contributed by atoms with Gasteiger partial charge in [0.25, 0.3) is 0 Å². The van der Waals surface area contributed by atoms with Crippen LogP contribution >= 0.6 is 7.60 Å². The highest BCUT2D eigenvalue weighted by molar-refractivity contribution is 7.56. The Labute approximate surface area is 115 Å². The van der Waals surface area contributed by atoms with Crippen LogP contribution in [0.3, 0.4) is 0 Å². The molecule has 0 saturated carbocycles. The van der Waals surface area contributed by atoms with Gasteiger partial charge in [0.05, 0.1) is 19.8 Å². The molecule has 19 heavy (non-hydrogen) atoms. The Kier molecular flexibility index (Phi) is 4.88. The van der Waals surface area contributed by atoms with Gasteiger partial charge in [-0.1, -0.05) is 19.6 Å². The van der Waals surface area contributed by atoms with E-state index in [9.17, 15) is 14.5 Å². The van der Waals surface area contributed by atoms with Crippen molar-refractivity contribution < 1.29 is 23.5 Å². The van der Waals surface area contributed by atoms with Gasteiger partial charge in [0.15, 0.2) is 5.28 Å².